The number of ether oxygens (including phenoxy) is 2. The topological polar surface area (TPSA) is 47.9 Å². The van der Waals surface area contributed by atoms with Crippen molar-refractivity contribution in [2.75, 3.05) is 6.61 Å². The number of nitrogens with zero attached hydrogens (tertiary/aromatic N) is 1. The van der Waals surface area contributed by atoms with Gasteiger partial charge in [0, 0.05) is 5.56 Å². The molecule has 0 aromatic heterocycles. The molecule has 0 unspecified atom stereocenters. The predicted octanol–water partition coefficient (Wildman–Crippen LogP) is 3.17. The Morgan fingerprint density at radius 2 is 2.17 bits per heavy atom. The van der Waals surface area contributed by atoms with Gasteiger partial charge in [-0.05, 0) is 25.1 Å². The Labute approximate surface area is 114 Å². The summed E-state index contributed by atoms with van der Waals surface area (Å²) in [6.45, 7) is 2.26. The van der Waals surface area contributed by atoms with E-state index in [1.165, 1.54) is 6.26 Å². The highest BCUT2D eigenvalue weighted by atomic mass is 35.5. The molecule has 0 spiro atoms. The maximum Gasteiger partial charge on any atom is 0.367 e. The highest BCUT2D eigenvalue weighted by Gasteiger charge is 2.24. The maximum absolute atomic E-state index is 11.5. The molecular formula is C12H9Cl2NO3. The zero-order valence-corrected chi connectivity index (χ0v) is 11.0. The fraction of sp³-hybridized carbons (Fsp3) is 0.167. The van der Waals surface area contributed by atoms with Gasteiger partial charge in [0.2, 0.25) is 5.90 Å². The van der Waals surface area contributed by atoms with Crippen LogP contribution < -0.4 is 0 Å². The van der Waals surface area contributed by atoms with E-state index in [4.69, 9.17) is 32.7 Å². The molecular weight excluding hydrogens is 277 g/mol. The number of carbonyl (C=O) groups excluding carboxylic acids is 1. The van der Waals surface area contributed by atoms with Crippen LogP contribution in [-0.4, -0.2) is 18.5 Å². The lowest BCUT2D eigenvalue weighted by atomic mass is 10.2. The van der Waals surface area contributed by atoms with Crippen molar-refractivity contribution in [1.82, 2.24) is 0 Å². The molecule has 94 valence electrons. The zero-order chi connectivity index (χ0) is 13.1. The predicted molar refractivity (Wildman–Crippen MR) is 68.8 cm³/mol. The largest absolute Gasteiger partial charge is 0.499 e. The summed E-state index contributed by atoms with van der Waals surface area (Å²) in [4.78, 5) is 15.5. The van der Waals surface area contributed by atoms with Gasteiger partial charge in [0.05, 0.1) is 16.7 Å². The quantitative estimate of drug-likeness (QED) is 0.487. The Morgan fingerprint density at radius 3 is 2.83 bits per heavy atom. The minimum Gasteiger partial charge on any atom is -0.499 e. The molecule has 1 aliphatic rings. The second-order valence-electron chi connectivity index (χ2n) is 3.39. The minimum absolute atomic E-state index is 0.123. The summed E-state index contributed by atoms with van der Waals surface area (Å²) < 4.78 is 10.0. The van der Waals surface area contributed by atoms with Crippen LogP contribution in [0.5, 0.6) is 0 Å². The summed E-state index contributed by atoms with van der Waals surface area (Å²) >= 11 is 11.7. The van der Waals surface area contributed by atoms with E-state index >= 15 is 0 Å². The normalized spacial score (nSPS) is 16.7. The molecule has 0 bridgehead atoms. The van der Waals surface area contributed by atoms with E-state index < -0.39 is 5.97 Å². The van der Waals surface area contributed by atoms with E-state index in [1.54, 1.807) is 25.1 Å². The van der Waals surface area contributed by atoms with Gasteiger partial charge < -0.3 is 9.47 Å². The highest BCUT2D eigenvalue weighted by molar-refractivity contribution is 6.42. The Balaban J connectivity index is 2.29. The van der Waals surface area contributed by atoms with Crippen LogP contribution in [0.3, 0.4) is 0 Å². The van der Waals surface area contributed by atoms with Crippen LogP contribution in [0.1, 0.15) is 12.5 Å². The molecule has 0 N–H and O–H groups in total. The lowest BCUT2D eigenvalue weighted by Gasteiger charge is -2.01. The number of hydrogen-bond donors (Lipinski definition) is 0. The van der Waals surface area contributed by atoms with Crippen molar-refractivity contribution in [3.63, 3.8) is 0 Å². The highest BCUT2D eigenvalue weighted by Crippen LogP contribution is 2.25. The first-order valence-electron chi connectivity index (χ1n) is 5.20. The maximum atomic E-state index is 11.5. The van der Waals surface area contributed by atoms with Crippen LogP contribution in [-0.2, 0) is 14.3 Å². The average molecular weight is 286 g/mol. The molecule has 1 aliphatic heterocycles. The van der Waals surface area contributed by atoms with Crippen LogP contribution >= 0.6 is 23.2 Å². The fourth-order valence-corrected chi connectivity index (χ4v) is 1.61. The molecule has 1 heterocycles. The number of aliphatic imine (C=N–C) groups is 1. The van der Waals surface area contributed by atoms with E-state index in [0.29, 0.717) is 22.2 Å². The Bertz CT molecular complexity index is 552. The number of rotatable bonds is 3. The van der Waals surface area contributed by atoms with Gasteiger partial charge in [-0.1, -0.05) is 23.2 Å². The standard InChI is InChI=1S/C12H9Cl2NO3/c1-2-17-6-10-12(16)18-11(15-10)7-3-4-8(13)9(14)5-7/h3-6H,2H2,1H3/b10-6+. The van der Waals surface area contributed by atoms with Crippen molar-refractivity contribution in [3.05, 3.63) is 45.8 Å². The summed E-state index contributed by atoms with van der Waals surface area (Å²) in [6, 6.07) is 4.86. The van der Waals surface area contributed by atoms with Gasteiger partial charge in [0.25, 0.3) is 0 Å². The number of carbonyl (C=O) groups is 1. The summed E-state index contributed by atoms with van der Waals surface area (Å²) in [5.74, 6) is -0.367. The molecule has 0 amide bonds. The first kappa shape index (κ1) is 12.9. The zero-order valence-electron chi connectivity index (χ0n) is 9.44. The number of esters is 1. The first-order valence-corrected chi connectivity index (χ1v) is 5.95. The van der Waals surface area contributed by atoms with Crippen LogP contribution in [0.2, 0.25) is 10.0 Å². The van der Waals surface area contributed by atoms with E-state index in [-0.39, 0.29) is 11.6 Å². The van der Waals surface area contributed by atoms with E-state index in [0.717, 1.165) is 0 Å². The molecule has 0 saturated carbocycles. The van der Waals surface area contributed by atoms with Gasteiger partial charge in [0.15, 0.2) is 5.70 Å². The molecule has 1 aromatic carbocycles. The smallest absolute Gasteiger partial charge is 0.367 e. The fourth-order valence-electron chi connectivity index (χ4n) is 1.31. The van der Waals surface area contributed by atoms with Crippen LogP contribution in [0.4, 0.5) is 0 Å². The Morgan fingerprint density at radius 1 is 1.39 bits per heavy atom. The SMILES string of the molecule is CCO/C=C1/N=C(c2ccc(Cl)c(Cl)c2)OC1=O. The summed E-state index contributed by atoms with van der Waals surface area (Å²) in [6.07, 6.45) is 1.27. The molecule has 0 aliphatic carbocycles. The van der Waals surface area contributed by atoms with E-state index in [9.17, 15) is 4.79 Å². The Kier molecular flexibility index (Phi) is 3.89. The van der Waals surface area contributed by atoms with E-state index in [1.807, 2.05) is 0 Å². The number of cyclic esters (lactones) is 1. The minimum atomic E-state index is -0.551. The van der Waals surface area contributed by atoms with Crippen LogP contribution in [0.25, 0.3) is 0 Å². The summed E-state index contributed by atoms with van der Waals surface area (Å²) in [7, 11) is 0. The lowest BCUT2D eigenvalue weighted by molar-refractivity contribution is -0.130. The second-order valence-corrected chi connectivity index (χ2v) is 4.21. The van der Waals surface area contributed by atoms with Crippen molar-refractivity contribution in [3.8, 4) is 0 Å². The van der Waals surface area contributed by atoms with E-state index in [2.05, 4.69) is 4.99 Å². The van der Waals surface area contributed by atoms with Crippen LogP contribution in [0.15, 0.2) is 35.2 Å². The van der Waals surface area contributed by atoms with Crippen molar-refractivity contribution >= 4 is 35.1 Å². The third-order valence-corrected chi connectivity index (χ3v) is 2.89. The molecule has 0 saturated heterocycles. The van der Waals surface area contributed by atoms with Crippen molar-refractivity contribution in [1.29, 1.82) is 0 Å². The lowest BCUT2D eigenvalue weighted by Crippen LogP contribution is -2.05. The molecule has 1 aromatic rings. The third kappa shape index (κ3) is 2.66. The molecule has 6 heteroatoms. The monoisotopic (exact) mass is 285 g/mol. The third-order valence-electron chi connectivity index (χ3n) is 2.15. The van der Waals surface area contributed by atoms with Gasteiger partial charge in [-0.15, -0.1) is 0 Å². The molecule has 0 atom stereocenters. The van der Waals surface area contributed by atoms with Gasteiger partial charge in [0.1, 0.15) is 6.26 Å². The summed E-state index contributed by atoms with van der Waals surface area (Å²) in [5, 5.41) is 0.797. The molecule has 0 radical (unpaired) electrons. The number of hydrogen-bond acceptors (Lipinski definition) is 4. The average Bonchev–Trinajstić information content (AvgIpc) is 2.72. The van der Waals surface area contributed by atoms with Gasteiger partial charge in [-0.2, -0.15) is 0 Å². The second kappa shape index (κ2) is 5.42. The molecule has 2 rings (SSSR count). The van der Waals surface area contributed by atoms with Crippen LogP contribution in [0, 0.1) is 0 Å². The molecule has 4 nitrogen and oxygen atoms in total. The van der Waals surface area contributed by atoms with Crippen molar-refractivity contribution in [2.24, 2.45) is 4.99 Å². The molecule has 18 heavy (non-hydrogen) atoms. The van der Waals surface area contributed by atoms with Crippen molar-refractivity contribution < 1.29 is 14.3 Å². The van der Waals surface area contributed by atoms with Crippen molar-refractivity contribution in [2.45, 2.75) is 6.92 Å². The van der Waals surface area contributed by atoms with Gasteiger partial charge >= 0.3 is 5.97 Å². The number of halogens is 2. The summed E-state index contributed by atoms with van der Waals surface area (Å²) in [5.41, 5.74) is 0.704. The first-order chi connectivity index (χ1) is 8.61. The van der Waals surface area contributed by atoms with Gasteiger partial charge in [-0.3, -0.25) is 0 Å². The molecule has 0 fully saturated rings. The van der Waals surface area contributed by atoms with Gasteiger partial charge in [-0.25, -0.2) is 9.79 Å². The Hall–Kier alpha value is -1.52. The number of benzene rings is 1.